The largest absolute Gasteiger partial charge is 0.382 e. The number of hydrogen-bond acceptors (Lipinski definition) is 6. The van der Waals surface area contributed by atoms with Gasteiger partial charge in [0, 0.05) is 10.7 Å². The average Bonchev–Trinajstić information content (AvgIpc) is 3.04. The Kier molecular flexibility index (Phi) is 5.53. The molecule has 0 saturated heterocycles. The number of halogens is 2. The molecular weight excluding hydrogens is 439 g/mol. The number of aliphatic hydroxyl groups is 1. The summed E-state index contributed by atoms with van der Waals surface area (Å²) in [6.45, 7) is 3.58. The number of amides is 1. The Morgan fingerprint density at radius 1 is 1.16 bits per heavy atom. The molecule has 158 valence electrons. The van der Waals surface area contributed by atoms with Crippen LogP contribution < -0.4 is 11.1 Å². The number of carbonyl (C=O) groups excluding carboxylic acids is 1. The number of carbonyl (C=O) groups is 1. The van der Waals surface area contributed by atoms with Crippen LogP contribution in [0.3, 0.4) is 0 Å². The number of benzene rings is 2. The Bertz CT molecular complexity index is 1320. The molecule has 0 aliphatic heterocycles. The number of hydrogen-bond donors (Lipinski definition) is 3. The van der Waals surface area contributed by atoms with Crippen LogP contribution in [0.4, 0.5) is 11.5 Å². The fourth-order valence-electron chi connectivity index (χ4n) is 3.27. The minimum absolute atomic E-state index is 0.293. The van der Waals surface area contributed by atoms with Crippen LogP contribution in [-0.4, -0.2) is 30.8 Å². The standard InChI is InChI=1S/C21H18Cl2N6O2/c1-10-17-18(20(24)26-11(2)25-17)29(28-10)16-7-6-14(9-15(16)23)27-21(31)19(30)12-4-3-5-13(22)8-12/h3-9,19,30H,1-2H3,(H,27,31)(H2,24,25,26)/t19-/m1/s1. The highest BCUT2D eigenvalue weighted by Crippen LogP contribution is 2.30. The zero-order valence-corrected chi connectivity index (χ0v) is 18.1. The molecule has 10 heteroatoms. The van der Waals surface area contributed by atoms with Crippen molar-refractivity contribution >= 4 is 51.6 Å². The molecule has 2 heterocycles. The maximum Gasteiger partial charge on any atom is 0.257 e. The first-order chi connectivity index (χ1) is 14.7. The molecule has 0 bridgehead atoms. The monoisotopic (exact) mass is 456 g/mol. The Hall–Kier alpha value is -3.20. The normalized spacial score (nSPS) is 12.2. The Morgan fingerprint density at radius 3 is 2.65 bits per heavy atom. The molecule has 0 aliphatic rings. The third-order valence-electron chi connectivity index (χ3n) is 4.68. The first-order valence-electron chi connectivity index (χ1n) is 9.28. The summed E-state index contributed by atoms with van der Waals surface area (Å²) in [5.41, 5.74) is 9.33. The van der Waals surface area contributed by atoms with E-state index >= 15 is 0 Å². The molecule has 0 spiro atoms. The molecule has 0 saturated carbocycles. The van der Waals surface area contributed by atoms with Gasteiger partial charge in [0.05, 0.1) is 16.4 Å². The second kappa shape index (κ2) is 8.14. The summed E-state index contributed by atoms with van der Waals surface area (Å²) in [5.74, 6) is 0.232. The van der Waals surface area contributed by atoms with Crippen LogP contribution in [0.25, 0.3) is 16.7 Å². The van der Waals surface area contributed by atoms with Gasteiger partial charge in [0.2, 0.25) is 0 Å². The lowest BCUT2D eigenvalue weighted by Gasteiger charge is -2.13. The zero-order valence-electron chi connectivity index (χ0n) is 16.6. The number of anilines is 2. The van der Waals surface area contributed by atoms with Gasteiger partial charge in [-0.1, -0.05) is 35.3 Å². The van der Waals surface area contributed by atoms with E-state index in [1.165, 1.54) is 6.07 Å². The van der Waals surface area contributed by atoms with Crippen LogP contribution in [0.5, 0.6) is 0 Å². The third-order valence-corrected chi connectivity index (χ3v) is 5.22. The Morgan fingerprint density at radius 2 is 1.94 bits per heavy atom. The number of rotatable bonds is 4. The van der Waals surface area contributed by atoms with Crippen molar-refractivity contribution in [1.29, 1.82) is 0 Å². The summed E-state index contributed by atoms with van der Waals surface area (Å²) in [6, 6.07) is 11.4. The quantitative estimate of drug-likeness (QED) is 0.426. The highest BCUT2D eigenvalue weighted by Gasteiger charge is 2.20. The minimum atomic E-state index is -1.38. The number of aliphatic hydroxyl groups excluding tert-OH is 1. The van der Waals surface area contributed by atoms with Gasteiger partial charge in [-0.05, 0) is 49.7 Å². The lowest BCUT2D eigenvalue weighted by atomic mass is 10.1. The van der Waals surface area contributed by atoms with Crippen molar-refractivity contribution in [3.05, 3.63) is 69.6 Å². The molecule has 0 aliphatic carbocycles. The SMILES string of the molecule is Cc1nc(N)c2c(n1)c(C)nn2-c1ccc(NC(=O)[C@H](O)c2cccc(Cl)c2)cc1Cl. The van der Waals surface area contributed by atoms with Gasteiger partial charge in [0.15, 0.2) is 11.9 Å². The number of fused-ring (bicyclic) bond motifs is 1. The van der Waals surface area contributed by atoms with Gasteiger partial charge in [0.25, 0.3) is 5.91 Å². The Balaban J connectivity index is 1.64. The smallest absolute Gasteiger partial charge is 0.257 e. The number of nitrogen functional groups attached to an aromatic ring is 1. The van der Waals surface area contributed by atoms with Gasteiger partial charge in [-0.3, -0.25) is 4.79 Å². The first-order valence-corrected chi connectivity index (χ1v) is 10.0. The van der Waals surface area contributed by atoms with Crippen molar-refractivity contribution in [2.24, 2.45) is 0 Å². The van der Waals surface area contributed by atoms with Gasteiger partial charge in [-0.25, -0.2) is 14.6 Å². The van der Waals surface area contributed by atoms with E-state index in [9.17, 15) is 9.90 Å². The Labute approximate surface area is 187 Å². The number of aryl methyl sites for hydroxylation is 2. The van der Waals surface area contributed by atoms with Gasteiger partial charge in [0.1, 0.15) is 16.9 Å². The molecule has 0 unspecified atom stereocenters. The predicted octanol–water partition coefficient (Wildman–Crippen LogP) is 3.99. The molecule has 2 aromatic heterocycles. The number of nitrogens with one attached hydrogen (secondary N) is 1. The zero-order chi connectivity index (χ0) is 22.3. The van der Waals surface area contributed by atoms with Crippen LogP contribution in [0.15, 0.2) is 42.5 Å². The highest BCUT2D eigenvalue weighted by molar-refractivity contribution is 6.33. The maximum atomic E-state index is 12.4. The summed E-state index contributed by atoms with van der Waals surface area (Å²) >= 11 is 12.4. The summed E-state index contributed by atoms with van der Waals surface area (Å²) < 4.78 is 1.58. The molecule has 0 fully saturated rings. The van der Waals surface area contributed by atoms with Crippen molar-refractivity contribution in [3.63, 3.8) is 0 Å². The molecule has 0 radical (unpaired) electrons. The van der Waals surface area contributed by atoms with E-state index in [-0.39, 0.29) is 0 Å². The average molecular weight is 457 g/mol. The van der Waals surface area contributed by atoms with Crippen LogP contribution in [-0.2, 0) is 4.79 Å². The highest BCUT2D eigenvalue weighted by atomic mass is 35.5. The van der Waals surface area contributed by atoms with Gasteiger partial charge < -0.3 is 16.2 Å². The molecule has 1 amide bonds. The third kappa shape index (κ3) is 4.05. The molecule has 4 N–H and O–H groups in total. The van der Waals surface area contributed by atoms with Crippen LogP contribution in [0, 0.1) is 13.8 Å². The van der Waals surface area contributed by atoms with Gasteiger partial charge in [-0.2, -0.15) is 5.10 Å². The molecule has 31 heavy (non-hydrogen) atoms. The summed E-state index contributed by atoms with van der Waals surface area (Å²) in [7, 11) is 0. The molecule has 4 rings (SSSR count). The number of nitrogens with zero attached hydrogens (tertiary/aromatic N) is 4. The van der Waals surface area contributed by atoms with E-state index in [4.69, 9.17) is 28.9 Å². The van der Waals surface area contributed by atoms with E-state index in [1.54, 1.807) is 48.0 Å². The maximum absolute atomic E-state index is 12.4. The van der Waals surface area contributed by atoms with Crippen molar-refractivity contribution in [3.8, 4) is 5.69 Å². The lowest BCUT2D eigenvalue weighted by molar-refractivity contribution is -0.124. The van der Waals surface area contributed by atoms with Crippen molar-refractivity contribution in [1.82, 2.24) is 19.7 Å². The molecular formula is C21H18Cl2N6O2. The summed E-state index contributed by atoms with van der Waals surface area (Å²) in [4.78, 5) is 21.1. The van der Waals surface area contributed by atoms with Crippen LogP contribution >= 0.6 is 23.2 Å². The van der Waals surface area contributed by atoms with Gasteiger partial charge >= 0.3 is 0 Å². The molecule has 2 aromatic carbocycles. The van der Waals surface area contributed by atoms with Crippen molar-refractivity contribution < 1.29 is 9.90 Å². The molecule has 4 aromatic rings. The lowest BCUT2D eigenvalue weighted by Crippen LogP contribution is -2.20. The number of nitrogens with two attached hydrogens (primary N) is 1. The number of aromatic nitrogens is 4. The summed E-state index contributed by atoms with van der Waals surface area (Å²) in [5, 5.41) is 18.2. The van der Waals surface area contributed by atoms with Crippen molar-refractivity contribution in [2.45, 2.75) is 20.0 Å². The van der Waals surface area contributed by atoms with Crippen LogP contribution in [0.2, 0.25) is 10.0 Å². The fourth-order valence-corrected chi connectivity index (χ4v) is 3.73. The molecule has 8 nitrogen and oxygen atoms in total. The van der Waals surface area contributed by atoms with E-state index in [2.05, 4.69) is 20.4 Å². The van der Waals surface area contributed by atoms with E-state index < -0.39 is 12.0 Å². The van der Waals surface area contributed by atoms with Crippen molar-refractivity contribution in [2.75, 3.05) is 11.1 Å². The first kappa shape index (κ1) is 21.0. The van der Waals surface area contributed by atoms with E-state index in [1.807, 2.05) is 6.92 Å². The molecule has 1 atom stereocenters. The van der Waals surface area contributed by atoms with E-state index in [0.717, 1.165) is 0 Å². The second-order valence-electron chi connectivity index (χ2n) is 6.96. The second-order valence-corrected chi connectivity index (χ2v) is 7.81. The predicted molar refractivity (Wildman–Crippen MR) is 121 cm³/mol. The fraction of sp³-hybridized carbons (Fsp3) is 0.143. The summed E-state index contributed by atoms with van der Waals surface area (Å²) in [6.07, 6.45) is -1.38. The van der Waals surface area contributed by atoms with Gasteiger partial charge in [-0.15, -0.1) is 0 Å². The minimum Gasteiger partial charge on any atom is -0.382 e. The topological polar surface area (TPSA) is 119 Å². The van der Waals surface area contributed by atoms with Crippen LogP contribution in [0.1, 0.15) is 23.2 Å². The van der Waals surface area contributed by atoms with E-state index in [0.29, 0.717) is 55.4 Å².